The quantitative estimate of drug-likeness (QED) is 0.529. The first-order valence-corrected chi connectivity index (χ1v) is 10.8. The van der Waals surface area contributed by atoms with Crippen LogP contribution in [-0.2, 0) is 23.0 Å². The van der Waals surface area contributed by atoms with Gasteiger partial charge in [0.15, 0.2) is 18.2 Å². The molecule has 0 bridgehead atoms. The molecule has 2 aromatic heterocycles. The van der Waals surface area contributed by atoms with Crippen molar-refractivity contribution in [3.63, 3.8) is 0 Å². The second-order valence-corrected chi connectivity index (χ2v) is 8.12. The van der Waals surface area contributed by atoms with Gasteiger partial charge in [-0.3, -0.25) is 14.5 Å². The summed E-state index contributed by atoms with van der Waals surface area (Å²) in [5.41, 5.74) is 0.826. The van der Waals surface area contributed by atoms with E-state index in [0.717, 1.165) is 5.39 Å². The van der Waals surface area contributed by atoms with Crippen molar-refractivity contribution >= 4 is 34.5 Å². The van der Waals surface area contributed by atoms with Gasteiger partial charge in [-0.05, 0) is 48.7 Å². The number of nitrogens with zero attached hydrogens (tertiary/aromatic N) is 3. The molecule has 0 radical (unpaired) electrons. The van der Waals surface area contributed by atoms with Crippen LogP contribution in [0.2, 0.25) is 0 Å². The lowest BCUT2D eigenvalue weighted by molar-refractivity contribution is -0.118. The number of anilines is 2. The average molecular weight is 467 g/mol. The normalized spacial score (nSPS) is 17.4. The first-order valence-electron chi connectivity index (χ1n) is 10.8. The van der Waals surface area contributed by atoms with E-state index in [1.807, 2.05) is 0 Å². The molecule has 1 fully saturated rings. The highest BCUT2D eigenvalue weighted by Gasteiger charge is 2.33. The van der Waals surface area contributed by atoms with Crippen LogP contribution in [0.5, 0.6) is 5.75 Å². The van der Waals surface area contributed by atoms with E-state index in [0.29, 0.717) is 42.2 Å². The first kappa shape index (κ1) is 21.8. The standard InChI is InChI=1S/C23H22FN5O5/c1-28-20(31)7-3-13-2-4-16(24)15(21(13)28)8-9-25-10-14-11-29(23(32)34-14)18-6-5-17-22(26-18)27-19(30)12-33-17/h2-7,14,25H,8-12H2,1H3,(H,26,27,30)/t14-/m0/s1. The number of nitrogens with one attached hydrogen (secondary N) is 2. The van der Waals surface area contributed by atoms with Gasteiger partial charge in [-0.25, -0.2) is 14.2 Å². The summed E-state index contributed by atoms with van der Waals surface area (Å²) in [6, 6.07) is 9.47. The molecule has 2 amide bonds. The Bertz CT molecular complexity index is 1360. The highest BCUT2D eigenvalue weighted by Crippen LogP contribution is 2.30. The van der Waals surface area contributed by atoms with Gasteiger partial charge in [0.1, 0.15) is 17.7 Å². The molecule has 11 heteroatoms. The second-order valence-electron chi connectivity index (χ2n) is 8.12. The zero-order chi connectivity index (χ0) is 23.8. The van der Waals surface area contributed by atoms with Crippen LogP contribution in [0.25, 0.3) is 10.9 Å². The number of aromatic nitrogens is 2. The summed E-state index contributed by atoms with van der Waals surface area (Å²) in [5, 5.41) is 6.60. The summed E-state index contributed by atoms with van der Waals surface area (Å²) in [4.78, 5) is 41.6. The van der Waals surface area contributed by atoms with Gasteiger partial charge in [0.2, 0.25) is 0 Å². The molecule has 1 atom stereocenters. The predicted molar refractivity (Wildman–Crippen MR) is 122 cm³/mol. The number of benzene rings is 1. The largest absolute Gasteiger partial charge is 0.480 e. The van der Waals surface area contributed by atoms with E-state index in [9.17, 15) is 18.8 Å². The number of hydrogen-bond donors (Lipinski definition) is 2. The number of cyclic esters (lactones) is 1. The topological polar surface area (TPSA) is 115 Å². The van der Waals surface area contributed by atoms with E-state index in [2.05, 4.69) is 15.6 Å². The van der Waals surface area contributed by atoms with E-state index < -0.39 is 12.2 Å². The number of fused-ring (bicyclic) bond motifs is 2. The number of hydrogen-bond acceptors (Lipinski definition) is 7. The minimum absolute atomic E-state index is 0.0769. The molecule has 2 aliphatic heterocycles. The Morgan fingerprint density at radius 3 is 2.85 bits per heavy atom. The van der Waals surface area contributed by atoms with Crippen molar-refractivity contribution in [1.29, 1.82) is 0 Å². The number of pyridine rings is 2. The maximum atomic E-state index is 14.5. The number of aryl methyl sites for hydroxylation is 1. The molecule has 0 unspecified atom stereocenters. The van der Waals surface area contributed by atoms with Crippen molar-refractivity contribution in [2.75, 3.05) is 36.5 Å². The lowest BCUT2D eigenvalue weighted by Gasteiger charge is -2.19. The van der Waals surface area contributed by atoms with Crippen LogP contribution in [0.3, 0.4) is 0 Å². The summed E-state index contributed by atoms with van der Waals surface area (Å²) in [6.45, 7) is 0.974. The van der Waals surface area contributed by atoms with Crippen LogP contribution in [-0.4, -0.2) is 53.9 Å². The monoisotopic (exact) mass is 467 g/mol. The minimum Gasteiger partial charge on any atom is -0.480 e. The predicted octanol–water partition coefficient (Wildman–Crippen LogP) is 1.56. The summed E-state index contributed by atoms with van der Waals surface area (Å²) in [6.07, 6.45) is -0.619. The summed E-state index contributed by atoms with van der Waals surface area (Å²) < 4.78 is 26.7. The highest BCUT2D eigenvalue weighted by molar-refractivity contribution is 5.95. The Labute approximate surface area is 193 Å². The van der Waals surface area contributed by atoms with Crippen molar-refractivity contribution in [2.24, 2.45) is 7.05 Å². The van der Waals surface area contributed by atoms with Crippen molar-refractivity contribution in [1.82, 2.24) is 14.9 Å². The Morgan fingerprint density at radius 1 is 1.18 bits per heavy atom. The zero-order valence-electron chi connectivity index (χ0n) is 18.3. The van der Waals surface area contributed by atoms with E-state index in [1.165, 1.54) is 21.6 Å². The van der Waals surface area contributed by atoms with Crippen LogP contribution in [0.1, 0.15) is 5.56 Å². The third-order valence-corrected chi connectivity index (χ3v) is 5.86. The third kappa shape index (κ3) is 4.05. The zero-order valence-corrected chi connectivity index (χ0v) is 18.3. The van der Waals surface area contributed by atoms with Crippen molar-refractivity contribution < 1.29 is 23.5 Å². The third-order valence-electron chi connectivity index (χ3n) is 5.86. The fourth-order valence-electron chi connectivity index (χ4n) is 4.18. The van der Waals surface area contributed by atoms with Crippen LogP contribution in [0.4, 0.5) is 20.8 Å². The highest BCUT2D eigenvalue weighted by atomic mass is 19.1. The minimum atomic E-state index is -0.544. The molecule has 4 heterocycles. The van der Waals surface area contributed by atoms with Gasteiger partial charge < -0.3 is 24.7 Å². The summed E-state index contributed by atoms with van der Waals surface area (Å²) >= 11 is 0. The molecule has 1 aromatic carbocycles. The Morgan fingerprint density at radius 2 is 2.00 bits per heavy atom. The molecule has 176 valence electrons. The molecular weight excluding hydrogens is 445 g/mol. The maximum absolute atomic E-state index is 14.5. The number of halogens is 1. The van der Waals surface area contributed by atoms with Gasteiger partial charge in [-0.1, -0.05) is 0 Å². The Hall–Kier alpha value is -3.99. The number of carbonyl (C=O) groups excluding carboxylic acids is 2. The molecule has 34 heavy (non-hydrogen) atoms. The lowest BCUT2D eigenvalue weighted by atomic mass is 10.1. The van der Waals surface area contributed by atoms with E-state index in [-0.39, 0.29) is 36.3 Å². The van der Waals surface area contributed by atoms with Gasteiger partial charge in [0.05, 0.1) is 12.1 Å². The Kier molecular flexibility index (Phi) is 5.62. The lowest BCUT2D eigenvalue weighted by Crippen LogP contribution is -2.32. The molecule has 1 saturated heterocycles. The van der Waals surface area contributed by atoms with E-state index in [1.54, 1.807) is 31.3 Å². The number of ether oxygens (including phenoxy) is 2. The molecule has 0 spiro atoms. The van der Waals surface area contributed by atoms with Crippen LogP contribution in [0.15, 0.2) is 41.2 Å². The van der Waals surface area contributed by atoms with Crippen molar-refractivity contribution in [3.8, 4) is 5.75 Å². The van der Waals surface area contributed by atoms with Gasteiger partial charge in [0.25, 0.3) is 11.5 Å². The fourth-order valence-corrected chi connectivity index (χ4v) is 4.18. The van der Waals surface area contributed by atoms with E-state index >= 15 is 0 Å². The molecule has 0 aliphatic carbocycles. The molecule has 2 N–H and O–H groups in total. The molecular formula is C23H22FN5O5. The van der Waals surface area contributed by atoms with E-state index in [4.69, 9.17) is 9.47 Å². The fraction of sp³-hybridized carbons (Fsp3) is 0.304. The number of carbonyl (C=O) groups is 2. The van der Waals surface area contributed by atoms with Gasteiger partial charge in [-0.2, -0.15) is 0 Å². The van der Waals surface area contributed by atoms with Crippen LogP contribution >= 0.6 is 0 Å². The smallest absolute Gasteiger partial charge is 0.416 e. The molecule has 3 aromatic rings. The van der Waals surface area contributed by atoms with Crippen molar-refractivity contribution in [3.05, 3.63) is 58.1 Å². The number of amides is 2. The molecule has 10 nitrogen and oxygen atoms in total. The van der Waals surface area contributed by atoms with Crippen LogP contribution in [0, 0.1) is 5.82 Å². The molecule has 5 rings (SSSR count). The summed E-state index contributed by atoms with van der Waals surface area (Å²) in [7, 11) is 1.62. The molecule has 0 saturated carbocycles. The van der Waals surface area contributed by atoms with Gasteiger partial charge >= 0.3 is 6.09 Å². The average Bonchev–Trinajstić information content (AvgIpc) is 3.20. The second kappa shape index (κ2) is 8.75. The molecule has 2 aliphatic rings. The Balaban J connectivity index is 1.21. The van der Waals surface area contributed by atoms with Gasteiger partial charge in [-0.15, -0.1) is 0 Å². The summed E-state index contributed by atoms with van der Waals surface area (Å²) in [5.74, 6) is 0.354. The maximum Gasteiger partial charge on any atom is 0.416 e. The SMILES string of the molecule is Cn1c(=O)ccc2ccc(F)c(CCNC[C@H]3CN(c4ccc5c(n4)NC(=O)CO5)C(=O)O3)c21. The van der Waals surface area contributed by atoms with Crippen LogP contribution < -0.4 is 25.8 Å². The number of rotatable bonds is 6. The van der Waals surface area contributed by atoms with Crippen molar-refractivity contribution in [2.45, 2.75) is 12.5 Å². The first-order chi connectivity index (χ1) is 16.4. The van der Waals surface area contributed by atoms with Gasteiger partial charge in [0, 0.05) is 25.2 Å².